The number of carbonyl (C=O) groups excluding carboxylic acids is 1. The maximum atomic E-state index is 12.3. The van der Waals surface area contributed by atoms with Crippen molar-refractivity contribution in [2.24, 2.45) is 0 Å². The first-order valence-electron chi connectivity index (χ1n) is 7.30. The van der Waals surface area contributed by atoms with Crippen molar-refractivity contribution in [3.8, 4) is 0 Å². The number of oxazole rings is 1. The number of aromatic carboxylic acids is 1. The molecule has 7 heteroatoms. The van der Waals surface area contributed by atoms with Gasteiger partial charge in [0.25, 0.3) is 0 Å². The molecule has 1 aromatic carbocycles. The zero-order valence-corrected chi connectivity index (χ0v) is 12.7. The zero-order valence-electron chi connectivity index (χ0n) is 12.7. The third-order valence-electron chi connectivity index (χ3n) is 3.78. The van der Waals surface area contributed by atoms with Crippen molar-refractivity contribution in [1.82, 2.24) is 15.2 Å². The molecule has 1 aliphatic rings. The topological polar surface area (TPSA) is 95.7 Å². The Kier molecular flexibility index (Phi) is 4.12. The normalized spacial score (nSPS) is 18.7. The van der Waals surface area contributed by atoms with Gasteiger partial charge in [0.15, 0.2) is 5.69 Å². The van der Waals surface area contributed by atoms with Crippen molar-refractivity contribution in [1.29, 1.82) is 0 Å². The van der Waals surface area contributed by atoms with Crippen LogP contribution in [0.1, 0.15) is 33.5 Å². The molecule has 0 bridgehead atoms. The number of rotatable bonds is 4. The number of nitrogens with zero attached hydrogens (tertiary/aromatic N) is 2. The second-order valence-electron chi connectivity index (χ2n) is 5.51. The molecule has 0 saturated carbocycles. The Morgan fingerprint density at radius 1 is 1.52 bits per heavy atom. The summed E-state index contributed by atoms with van der Waals surface area (Å²) in [5.74, 6) is -0.923. The molecule has 1 amide bonds. The van der Waals surface area contributed by atoms with Crippen molar-refractivity contribution in [2.75, 3.05) is 13.1 Å². The van der Waals surface area contributed by atoms with E-state index in [0.717, 1.165) is 17.4 Å². The van der Waals surface area contributed by atoms with Crippen molar-refractivity contribution in [3.05, 3.63) is 53.2 Å². The lowest BCUT2D eigenvalue weighted by Gasteiger charge is -2.34. The van der Waals surface area contributed by atoms with E-state index in [1.54, 1.807) is 0 Å². The summed E-state index contributed by atoms with van der Waals surface area (Å²) >= 11 is 0. The molecule has 0 radical (unpaired) electrons. The van der Waals surface area contributed by atoms with E-state index in [2.05, 4.69) is 10.3 Å². The summed E-state index contributed by atoms with van der Waals surface area (Å²) in [5, 5.41) is 11.8. The third-order valence-corrected chi connectivity index (χ3v) is 3.78. The Labute approximate surface area is 132 Å². The lowest BCUT2D eigenvalue weighted by atomic mass is 10.0. The van der Waals surface area contributed by atoms with Crippen molar-refractivity contribution < 1.29 is 19.1 Å². The maximum absolute atomic E-state index is 12.3. The van der Waals surface area contributed by atoms with Gasteiger partial charge < -0.3 is 14.8 Å². The second-order valence-corrected chi connectivity index (χ2v) is 5.51. The molecule has 1 saturated heterocycles. The van der Waals surface area contributed by atoms with Gasteiger partial charge in [0, 0.05) is 13.1 Å². The van der Waals surface area contributed by atoms with Crippen molar-refractivity contribution in [3.63, 3.8) is 0 Å². The van der Waals surface area contributed by atoms with Gasteiger partial charge in [-0.15, -0.1) is 0 Å². The molecule has 1 aliphatic heterocycles. The largest absolute Gasteiger partial charge is 0.476 e. The summed E-state index contributed by atoms with van der Waals surface area (Å²) in [6.07, 6.45) is 1.11. The first-order chi connectivity index (χ1) is 11.0. The number of nitrogens with one attached hydrogen (secondary N) is 1. The van der Waals surface area contributed by atoms with Gasteiger partial charge in [0.05, 0.1) is 6.54 Å². The average Bonchev–Trinajstić information content (AvgIpc) is 2.96. The number of aromatic nitrogens is 1. The first-order valence-corrected chi connectivity index (χ1v) is 7.30. The minimum atomic E-state index is -1.13. The molecule has 0 spiro atoms. The summed E-state index contributed by atoms with van der Waals surface area (Å²) in [6.45, 7) is 3.42. The molecule has 1 aromatic heterocycles. The second kappa shape index (κ2) is 6.21. The van der Waals surface area contributed by atoms with Crippen LogP contribution in [-0.4, -0.2) is 40.0 Å². The SMILES string of the molecule is Cc1cccc(C2C(=O)NCCN2Cc2nc(C(=O)O)co2)c1. The van der Waals surface area contributed by atoms with Gasteiger partial charge in [0.2, 0.25) is 11.8 Å². The Morgan fingerprint density at radius 3 is 3.04 bits per heavy atom. The molecule has 3 rings (SSSR count). The molecule has 1 fully saturated rings. The first kappa shape index (κ1) is 15.2. The Bertz CT molecular complexity index is 740. The third kappa shape index (κ3) is 3.24. The van der Waals surface area contributed by atoms with E-state index in [-0.39, 0.29) is 24.0 Å². The monoisotopic (exact) mass is 315 g/mol. The number of carboxylic acid groups (broad SMARTS) is 1. The highest BCUT2D eigenvalue weighted by atomic mass is 16.4. The molecule has 23 heavy (non-hydrogen) atoms. The van der Waals surface area contributed by atoms with Crippen molar-refractivity contribution >= 4 is 11.9 Å². The number of amides is 1. The number of hydrogen-bond donors (Lipinski definition) is 2. The molecule has 1 atom stereocenters. The predicted octanol–water partition coefficient (Wildman–Crippen LogP) is 1.35. The van der Waals surface area contributed by atoms with E-state index < -0.39 is 12.0 Å². The minimum Gasteiger partial charge on any atom is -0.476 e. The summed E-state index contributed by atoms with van der Waals surface area (Å²) in [7, 11) is 0. The molecule has 2 aromatic rings. The van der Waals surface area contributed by atoms with Crippen LogP contribution in [0.5, 0.6) is 0 Å². The fraction of sp³-hybridized carbons (Fsp3) is 0.312. The van der Waals surface area contributed by atoms with Gasteiger partial charge in [-0.05, 0) is 12.5 Å². The molecule has 2 heterocycles. The molecule has 0 aliphatic carbocycles. The van der Waals surface area contributed by atoms with Crippen LogP contribution in [-0.2, 0) is 11.3 Å². The molecule has 7 nitrogen and oxygen atoms in total. The van der Waals surface area contributed by atoms with Crippen LogP contribution < -0.4 is 5.32 Å². The molecule has 2 N–H and O–H groups in total. The van der Waals surface area contributed by atoms with Crippen LogP contribution >= 0.6 is 0 Å². The molecular formula is C16H17N3O4. The van der Waals surface area contributed by atoms with E-state index >= 15 is 0 Å². The minimum absolute atomic E-state index is 0.0770. The van der Waals surface area contributed by atoms with Crippen LogP contribution in [0.25, 0.3) is 0 Å². The Hall–Kier alpha value is -2.67. The quantitative estimate of drug-likeness (QED) is 0.884. The van der Waals surface area contributed by atoms with Gasteiger partial charge in [-0.1, -0.05) is 29.8 Å². The Balaban J connectivity index is 1.85. The van der Waals surface area contributed by atoms with Gasteiger partial charge in [0.1, 0.15) is 12.3 Å². The molecule has 120 valence electrons. The van der Waals surface area contributed by atoms with Crippen molar-refractivity contribution in [2.45, 2.75) is 19.5 Å². The number of carbonyl (C=O) groups is 2. The van der Waals surface area contributed by atoms with Crippen LogP contribution in [0.3, 0.4) is 0 Å². The fourth-order valence-electron chi connectivity index (χ4n) is 2.74. The van der Waals surface area contributed by atoms with E-state index in [1.165, 1.54) is 0 Å². The standard InChI is InChI=1S/C16H17N3O4/c1-10-3-2-4-11(7-10)14-15(20)17-5-6-19(14)8-13-18-12(9-23-13)16(21)22/h2-4,7,9,14H,5-6,8H2,1H3,(H,17,20)(H,21,22). The van der Waals surface area contributed by atoms with Gasteiger partial charge in [-0.3, -0.25) is 9.69 Å². The van der Waals surface area contributed by atoms with Gasteiger partial charge in [-0.25, -0.2) is 9.78 Å². The van der Waals surface area contributed by atoms with Crippen LogP contribution in [0.15, 0.2) is 34.9 Å². The predicted molar refractivity (Wildman–Crippen MR) is 80.8 cm³/mol. The molecular weight excluding hydrogens is 298 g/mol. The van der Waals surface area contributed by atoms with E-state index in [1.807, 2.05) is 36.1 Å². The van der Waals surface area contributed by atoms with E-state index in [4.69, 9.17) is 9.52 Å². The number of aryl methyl sites for hydroxylation is 1. The summed E-state index contributed by atoms with van der Waals surface area (Å²) in [5.41, 5.74) is 1.84. The highest BCUT2D eigenvalue weighted by Crippen LogP contribution is 2.25. The highest BCUT2D eigenvalue weighted by molar-refractivity contribution is 5.85. The van der Waals surface area contributed by atoms with E-state index in [9.17, 15) is 9.59 Å². The number of benzene rings is 1. The summed E-state index contributed by atoms with van der Waals surface area (Å²) < 4.78 is 5.21. The lowest BCUT2D eigenvalue weighted by molar-refractivity contribution is -0.129. The summed E-state index contributed by atoms with van der Waals surface area (Å²) in [4.78, 5) is 29.1. The Morgan fingerprint density at radius 2 is 2.35 bits per heavy atom. The smallest absolute Gasteiger partial charge is 0.357 e. The fourth-order valence-corrected chi connectivity index (χ4v) is 2.74. The molecule has 1 unspecified atom stereocenters. The lowest BCUT2D eigenvalue weighted by Crippen LogP contribution is -2.49. The van der Waals surface area contributed by atoms with Crippen LogP contribution in [0.4, 0.5) is 0 Å². The highest BCUT2D eigenvalue weighted by Gasteiger charge is 2.32. The number of hydrogen-bond acceptors (Lipinski definition) is 5. The number of piperazine rings is 1. The van der Waals surface area contributed by atoms with Gasteiger partial charge in [-0.2, -0.15) is 0 Å². The zero-order chi connectivity index (χ0) is 16.4. The number of carboxylic acids is 1. The van der Waals surface area contributed by atoms with E-state index in [0.29, 0.717) is 13.1 Å². The van der Waals surface area contributed by atoms with Gasteiger partial charge >= 0.3 is 5.97 Å². The average molecular weight is 315 g/mol. The maximum Gasteiger partial charge on any atom is 0.357 e. The summed E-state index contributed by atoms with van der Waals surface area (Å²) in [6, 6.07) is 7.33. The van der Waals surface area contributed by atoms with Crippen LogP contribution in [0, 0.1) is 6.92 Å². The van der Waals surface area contributed by atoms with Crippen LogP contribution in [0.2, 0.25) is 0 Å².